The van der Waals surface area contributed by atoms with Gasteiger partial charge in [-0.05, 0) is 45.3 Å². The predicted molar refractivity (Wildman–Crippen MR) is 94.2 cm³/mol. The Morgan fingerprint density at radius 1 is 1.15 bits per heavy atom. The lowest BCUT2D eigenvalue weighted by Gasteiger charge is -2.32. The number of sulfonamides is 1. The van der Waals surface area contributed by atoms with Crippen LogP contribution in [-0.2, 0) is 30.2 Å². The van der Waals surface area contributed by atoms with Crippen molar-refractivity contribution in [1.82, 2.24) is 4.72 Å². The molecule has 6 nitrogen and oxygen atoms in total. The quantitative estimate of drug-likeness (QED) is 0.574. The molecule has 1 aliphatic heterocycles. The average molecular weight is 409 g/mol. The molecule has 1 N–H and O–H groups in total. The second-order valence-corrected chi connectivity index (χ2v) is 8.97. The molecule has 1 aliphatic rings. The normalized spacial score (nSPS) is 19.5. The van der Waals surface area contributed by atoms with Crippen LogP contribution in [0.25, 0.3) is 0 Å². The van der Waals surface area contributed by atoms with Gasteiger partial charge in [0.1, 0.15) is 0 Å². The van der Waals surface area contributed by atoms with Crippen molar-refractivity contribution >= 4 is 22.6 Å². The molecule has 0 spiro atoms. The summed E-state index contributed by atoms with van der Waals surface area (Å²) in [5, 5.41) is 0. The van der Waals surface area contributed by atoms with Gasteiger partial charge in [-0.3, -0.25) is 0 Å². The summed E-state index contributed by atoms with van der Waals surface area (Å²) in [5.74, 6) is 0. The Bertz CT molecular complexity index is 780. The zero-order valence-electron chi connectivity index (χ0n) is 15.8. The fourth-order valence-corrected chi connectivity index (χ4v) is 3.70. The number of rotatable bonds is 6. The van der Waals surface area contributed by atoms with E-state index in [2.05, 4.69) is 4.72 Å². The monoisotopic (exact) mass is 409 g/mol. The molecule has 0 bridgehead atoms. The van der Waals surface area contributed by atoms with Crippen molar-refractivity contribution in [2.75, 3.05) is 20.3 Å². The molecule has 0 unspecified atom stereocenters. The Labute approximate surface area is 157 Å². The first kappa shape index (κ1) is 22.2. The first-order valence-corrected chi connectivity index (χ1v) is 9.75. The summed E-state index contributed by atoms with van der Waals surface area (Å²) in [4.78, 5) is -0.855. The van der Waals surface area contributed by atoms with E-state index in [1.807, 2.05) is 0 Å². The predicted octanol–water partition coefficient (Wildman–Crippen LogP) is 1.93. The Morgan fingerprint density at radius 2 is 1.70 bits per heavy atom. The third-order valence-corrected chi connectivity index (χ3v) is 6.24. The van der Waals surface area contributed by atoms with Crippen LogP contribution in [0.15, 0.2) is 23.1 Å². The molecule has 27 heavy (non-hydrogen) atoms. The van der Waals surface area contributed by atoms with Gasteiger partial charge in [0.25, 0.3) is 0 Å². The van der Waals surface area contributed by atoms with Gasteiger partial charge in [0.15, 0.2) is 0 Å². The number of hydrogen-bond donors (Lipinski definition) is 1. The number of alkyl halides is 3. The molecule has 1 aromatic rings. The molecule has 0 amide bonds. The lowest BCUT2D eigenvalue weighted by atomic mass is 9.78. The fourth-order valence-electron chi connectivity index (χ4n) is 2.49. The smallest absolute Gasteiger partial charge is 0.399 e. The molecule has 2 rings (SSSR count). The van der Waals surface area contributed by atoms with Crippen molar-refractivity contribution in [2.45, 2.75) is 50.0 Å². The second kappa shape index (κ2) is 7.36. The zero-order valence-corrected chi connectivity index (χ0v) is 16.6. The van der Waals surface area contributed by atoms with Crippen molar-refractivity contribution < 1.29 is 35.6 Å². The third kappa shape index (κ3) is 4.65. The van der Waals surface area contributed by atoms with E-state index in [0.29, 0.717) is 0 Å². The van der Waals surface area contributed by atoms with Crippen LogP contribution in [-0.4, -0.2) is 47.0 Å². The maximum atomic E-state index is 13.5. The number of benzene rings is 1. The molecule has 0 atom stereocenters. The summed E-state index contributed by atoms with van der Waals surface area (Å²) in [6, 6.07) is 2.94. The van der Waals surface area contributed by atoms with Gasteiger partial charge in [-0.1, -0.05) is 6.07 Å². The summed E-state index contributed by atoms with van der Waals surface area (Å²) in [7, 11) is -4.04. The largest absolute Gasteiger partial charge is 0.494 e. The highest BCUT2D eigenvalue weighted by molar-refractivity contribution is 7.89. The van der Waals surface area contributed by atoms with E-state index < -0.39 is 45.0 Å². The van der Waals surface area contributed by atoms with Gasteiger partial charge in [-0.15, -0.1) is 0 Å². The average Bonchev–Trinajstić information content (AvgIpc) is 2.74. The lowest BCUT2D eigenvalue weighted by molar-refractivity contribution is -0.139. The van der Waals surface area contributed by atoms with Crippen LogP contribution in [0, 0.1) is 0 Å². The van der Waals surface area contributed by atoms with E-state index in [0.717, 1.165) is 12.1 Å². The van der Waals surface area contributed by atoms with Crippen molar-refractivity contribution in [3.05, 3.63) is 23.8 Å². The van der Waals surface area contributed by atoms with Crippen LogP contribution < -0.4 is 10.2 Å². The van der Waals surface area contributed by atoms with Gasteiger partial charge in [0, 0.05) is 13.7 Å². The van der Waals surface area contributed by atoms with Crippen molar-refractivity contribution in [3.63, 3.8) is 0 Å². The molecular weight excluding hydrogens is 386 g/mol. The molecule has 152 valence electrons. The minimum Gasteiger partial charge on any atom is -0.399 e. The molecule has 0 saturated carbocycles. The summed E-state index contributed by atoms with van der Waals surface area (Å²) in [6.07, 6.45) is -4.87. The number of hydrogen-bond acceptors (Lipinski definition) is 5. The van der Waals surface area contributed by atoms with Crippen LogP contribution >= 0.6 is 0 Å². The number of ether oxygens (including phenoxy) is 1. The van der Waals surface area contributed by atoms with Gasteiger partial charge in [0.2, 0.25) is 10.0 Å². The van der Waals surface area contributed by atoms with Gasteiger partial charge < -0.3 is 14.0 Å². The molecule has 1 fully saturated rings. The highest BCUT2D eigenvalue weighted by atomic mass is 32.2. The van der Waals surface area contributed by atoms with E-state index in [1.165, 1.54) is 13.2 Å². The highest BCUT2D eigenvalue weighted by Gasteiger charge is 2.52. The number of halogens is 3. The molecule has 1 aromatic carbocycles. The Kier molecular flexibility index (Phi) is 6.04. The maximum Gasteiger partial charge on any atom is 0.494 e. The molecule has 1 heterocycles. The van der Waals surface area contributed by atoms with Gasteiger partial charge >= 0.3 is 13.3 Å². The Balaban J connectivity index is 2.43. The molecular formula is C16H23BF3NO5S. The van der Waals surface area contributed by atoms with E-state index >= 15 is 0 Å². The van der Waals surface area contributed by atoms with E-state index in [1.54, 1.807) is 27.7 Å². The second-order valence-electron chi connectivity index (χ2n) is 7.23. The van der Waals surface area contributed by atoms with Gasteiger partial charge in [-0.25, -0.2) is 13.1 Å². The number of nitrogens with one attached hydrogen (secondary N) is 1. The Morgan fingerprint density at radius 3 is 2.19 bits per heavy atom. The van der Waals surface area contributed by atoms with Gasteiger partial charge in [0.05, 0.1) is 28.3 Å². The first-order valence-electron chi connectivity index (χ1n) is 8.27. The van der Waals surface area contributed by atoms with Gasteiger partial charge in [-0.2, -0.15) is 13.2 Å². The highest BCUT2D eigenvalue weighted by Crippen LogP contribution is 2.38. The molecule has 11 heteroatoms. The van der Waals surface area contributed by atoms with Crippen LogP contribution in [0.5, 0.6) is 0 Å². The maximum absolute atomic E-state index is 13.5. The van der Waals surface area contributed by atoms with Crippen molar-refractivity contribution in [2.24, 2.45) is 0 Å². The number of methoxy groups -OCH3 is 1. The fraction of sp³-hybridized carbons (Fsp3) is 0.625. The molecule has 1 saturated heterocycles. The summed E-state index contributed by atoms with van der Waals surface area (Å²) in [6.45, 7) is 6.99. The van der Waals surface area contributed by atoms with Crippen LogP contribution in [0.4, 0.5) is 13.2 Å². The molecule has 0 aliphatic carbocycles. The van der Waals surface area contributed by atoms with Crippen LogP contribution in [0.1, 0.15) is 33.3 Å². The third-order valence-electron chi connectivity index (χ3n) is 4.72. The minimum atomic E-state index is -4.87. The van der Waals surface area contributed by atoms with Crippen LogP contribution in [0.3, 0.4) is 0 Å². The standard InChI is InChI=1S/C16H23BF3NO5S/c1-14(2)15(3,4)26-17(25-14)11-6-7-13(12(10-11)16(18,19)20)27(22,23)21-8-9-24-5/h6-7,10,21H,8-9H2,1-5H3. The van der Waals surface area contributed by atoms with Crippen molar-refractivity contribution in [3.8, 4) is 0 Å². The molecule has 0 radical (unpaired) electrons. The zero-order chi connectivity index (χ0) is 20.7. The van der Waals surface area contributed by atoms with E-state index in [-0.39, 0.29) is 18.6 Å². The van der Waals surface area contributed by atoms with E-state index in [9.17, 15) is 21.6 Å². The summed E-state index contributed by atoms with van der Waals surface area (Å²) < 4.78 is 83.5. The van der Waals surface area contributed by atoms with E-state index in [4.69, 9.17) is 14.0 Å². The van der Waals surface area contributed by atoms with Crippen molar-refractivity contribution in [1.29, 1.82) is 0 Å². The minimum absolute atomic E-state index is 0.0343. The lowest BCUT2D eigenvalue weighted by Crippen LogP contribution is -2.41. The SMILES string of the molecule is COCCNS(=O)(=O)c1ccc(B2OC(C)(C)C(C)(C)O2)cc1C(F)(F)F. The summed E-state index contributed by atoms with van der Waals surface area (Å²) in [5.41, 5.74) is -2.65. The summed E-state index contributed by atoms with van der Waals surface area (Å²) >= 11 is 0. The topological polar surface area (TPSA) is 73.9 Å². The Hall–Kier alpha value is -1.14. The first-order chi connectivity index (χ1) is 12.2. The molecule has 0 aromatic heterocycles. The van der Waals surface area contributed by atoms with Crippen LogP contribution in [0.2, 0.25) is 0 Å².